The summed E-state index contributed by atoms with van der Waals surface area (Å²) in [4.78, 5) is 22.7. The second-order valence-electron chi connectivity index (χ2n) is 4.30. The number of carboxylic acid groups (broad SMARTS) is 1. The lowest BCUT2D eigenvalue weighted by Crippen LogP contribution is -2.43. The van der Waals surface area contributed by atoms with E-state index < -0.39 is 12.0 Å². The van der Waals surface area contributed by atoms with Crippen molar-refractivity contribution in [3.05, 3.63) is 24.3 Å². The molecule has 0 bridgehead atoms. The van der Waals surface area contributed by atoms with Crippen molar-refractivity contribution in [1.82, 2.24) is 5.32 Å². The number of hydrogen-bond donors (Lipinski definition) is 3. The molecule has 6 heteroatoms. The van der Waals surface area contributed by atoms with Crippen LogP contribution in [0.1, 0.15) is 19.8 Å². The van der Waals surface area contributed by atoms with E-state index in [9.17, 15) is 9.59 Å². The third-order valence-corrected chi connectivity index (χ3v) is 2.76. The number of anilines is 1. The molecular weight excluding hydrogens is 260 g/mol. The number of para-hydroxylation sites is 2. The molecule has 0 spiro atoms. The minimum atomic E-state index is -1.02. The third-order valence-electron chi connectivity index (χ3n) is 2.76. The smallest absolute Gasteiger partial charge is 0.326 e. The van der Waals surface area contributed by atoms with Crippen LogP contribution < -0.4 is 15.4 Å². The highest BCUT2D eigenvalue weighted by Gasteiger charge is 2.18. The van der Waals surface area contributed by atoms with E-state index in [-0.39, 0.29) is 12.5 Å². The average Bonchev–Trinajstić information content (AvgIpc) is 2.44. The fraction of sp³-hybridized carbons (Fsp3) is 0.429. The summed E-state index contributed by atoms with van der Waals surface area (Å²) < 4.78 is 5.15. The fourth-order valence-corrected chi connectivity index (χ4v) is 1.76. The summed E-state index contributed by atoms with van der Waals surface area (Å²) in [7, 11) is 1.54. The van der Waals surface area contributed by atoms with Gasteiger partial charge in [-0.1, -0.05) is 25.5 Å². The molecule has 1 unspecified atom stereocenters. The molecule has 1 atom stereocenters. The van der Waals surface area contributed by atoms with Gasteiger partial charge in [-0.15, -0.1) is 0 Å². The van der Waals surface area contributed by atoms with Gasteiger partial charge in [-0.05, 0) is 18.6 Å². The van der Waals surface area contributed by atoms with E-state index in [0.717, 1.165) is 0 Å². The Morgan fingerprint density at radius 1 is 1.35 bits per heavy atom. The van der Waals surface area contributed by atoms with Crippen LogP contribution in [0.5, 0.6) is 5.75 Å². The number of nitrogens with one attached hydrogen (secondary N) is 2. The van der Waals surface area contributed by atoms with E-state index in [1.54, 1.807) is 19.2 Å². The second kappa shape index (κ2) is 8.04. The highest BCUT2D eigenvalue weighted by Crippen LogP contribution is 2.22. The first-order chi connectivity index (χ1) is 9.58. The van der Waals surface area contributed by atoms with Crippen molar-refractivity contribution in [3.63, 3.8) is 0 Å². The molecule has 110 valence electrons. The summed E-state index contributed by atoms with van der Waals surface area (Å²) in [5.74, 6) is -0.752. The summed E-state index contributed by atoms with van der Waals surface area (Å²) in [6.45, 7) is 1.86. The van der Waals surface area contributed by atoms with Crippen molar-refractivity contribution >= 4 is 17.6 Å². The van der Waals surface area contributed by atoms with Crippen LogP contribution in [0.4, 0.5) is 5.69 Å². The molecule has 0 saturated heterocycles. The Bertz CT molecular complexity index is 462. The molecule has 1 amide bonds. The second-order valence-corrected chi connectivity index (χ2v) is 4.30. The van der Waals surface area contributed by atoms with Gasteiger partial charge in [-0.25, -0.2) is 4.79 Å². The number of ether oxygens (including phenoxy) is 1. The van der Waals surface area contributed by atoms with Gasteiger partial charge in [0.1, 0.15) is 11.8 Å². The molecule has 1 aromatic rings. The van der Waals surface area contributed by atoms with Crippen LogP contribution in [-0.2, 0) is 9.59 Å². The van der Waals surface area contributed by atoms with Gasteiger partial charge in [0.2, 0.25) is 5.91 Å². The van der Waals surface area contributed by atoms with E-state index in [0.29, 0.717) is 24.3 Å². The van der Waals surface area contributed by atoms with Crippen LogP contribution in [0.25, 0.3) is 0 Å². The first kappa shape index (κ1) is 15.8. The zero-order valence-corrected chi connectivity index (χ0v) is 11.7. The number of hydrogen-bond acceptors (Lipinski definition) is 4. The van der Waals surface area contributed by atoms with Crippen molar-refractivity contribution in [2.75, 3.05) is 19.0 Å². The van der Waals surface area contributed by atoms with Crippen molar-refractivity contribution in [3.8, 4) is 5.75 Å². The predicted octanol–water partition coefficient (Wildman–Crippen LogP) is 1.48. The lowest BCUT2D eigenvalue weighted by molar-refractivity contribution is -0.141. The van der Waals surface area contributed by atoms with Crippen molar-refractivity contribution < 1.29 is 19.4 Å². The molecule has 3 N–H and O–H groups in total. The minimum Gasteiger partial charge on any atom is -0.495 e. The molecule has 0 aromatic heterocycles. The van der Waals surface area contributed by atoms with Gasteiger partial charge >= 0.3 is 5.97 Å². The Balaban J connectivity index is 2.52. The van der Waals surface area contributed by atoms with Crippen molar-refractivity contribution in [1.29, 1.82) is 0 Å². The summed E-state index contributed by atoms with van der Waals surface area (Å²) in [5, 5.41) is 14.4. The van der Waals surface area contributed by atoms with Gasteiger partial charge in [0.25, 0.3) is 0 Å². The Kier molecular flexibility index (Phi) is 6.36. The largest absolute Gasteiger partial charge is 0.495 e. The SMILES string of the molecule is CCCC(NC(=O)CNc1ccccc1OC)C(=O)O. The molecule has 0 aliphatic rings. The van der Waals surface area contributed by atoms with Crippen LogP contribution >= 0.6 is 0 Å². The molecule has 0 radical (unpaired) electrons. The van der Waals surface area contributed by atoms with Gasteiger partial charge in [0.15, 0.2) is 0 Å². The summed E-state index contributed by atoms with van der Waals surface area (Å²) >= 11 is 0. The van der Waals surface area contributed by atoms with Crippen LogP contribution in [0.15, 0.2) is 24.3 Å². The Labute approximate surface area is 118 Å². The topological polar surface area (TPSA) is 87.7 Å². The van der Waals surface area contributed by atoms with E-state index >= 15 is 0 Å². The van der Waals surface area contributed by atoms with Gasteiger partial charge in [-0.3, -0.25) is 4.79 Å². The number of aliphatic carboxylic acids is 1. The average molecular weight is 280 g/mol. The highest BCUT2D eigenvalue weighted by molar-refractivity contribution is 5.86. The molecule has 1 rings (SSSR count). The molecule has 6 nitrogen and oxygen atoms in total. The molecule has 0 aliphatic carbocycles. The predicted molar refractivity (Wildman–Crippen MR) is 76.0 cm³/mol. The standard InChI is InChI=1S/C14H20N2O4/c1-3-6-11(14(18)19)16-13(17)9-15-10-7-4-5-8-12(10)20-2/h4-5,7-8,11,15H,3,6,9H2,1-2H3,(H,16,17)(H,18,19). The third kappa shape index (κ3) is 4.79. The minimum absolute atomic E-state index is 0.00608. The molecule has 0 aliphatic heterocycles. The maximum absolute atomic E-state index is 11.7. The Morgan fingerprint density at radius 2 is 2.05 bits per heavy atom. The van der Waals surface area contributed by atoms with Gasteiger partial charge in [-0.2, -0.15) is 0 Å². The van der Waals surface area contributed by atoms with E-state index in [2.05, 4.69) is 10.6 Å². The lowest BCUT2D eigenvalue weighted by Gasteiger charge is -2.15. The number of benzene rings is 1. The zero-order valence-electron chi connectivity index (χ0n) is 11.7. The Morgan fingerprint density at radius 3 is 2.65 bits per heavy atom. The number of carbonyl (C=O) groups excluding carboxylic acids is 1. The maximum Gasteiger partial charge on any atom is 0.326 e. The van der Waals surface area contributed by atoms with Crippen molar-refractivity contribution in [2.45, 2.75) is 25.8 Å². The van der Waals surface area contributed by atoms with E-state index in [1.165, 1.54) is 0 Å². The van der Waals surface area contributed by atoms with Crippen LogP contribution in [0.2, 0.25) is 0 Å². The normalized spacial score (nSPS) is 11.5. The Hall–Kier alpha value is -2.24. The number of rotatable bonds is 8. The van der Waals surface area contributed by atoms with Gasteiger partial charge < -0.3 is 20.5 Å². The van der Waals surface area contributed by atoms with Crippen molar-refractivity contribution in [2.24, 2.45) is 0 Å². The summed E-state index contributed by atoms with van der Waals surface area (Å²) in [6.07, 6.45) is 1.10. The molecule has 1 aromatic carbocycles. The first-order valence-electron chi connectivity index (χ1n) is 6.47. The van der Waals surface area contributed by atoms with Gasteiger partial charge in [0, 0.05) is 0 Å². The number of methoxy groups -OCH3 is 1. The quantitative estimate of drug-likeness (QED) is 0.671. The van der Waals surface area contributed by atoms with Crippen LogP contribution in [0, 0.1) is 0 Å². The number of amides is 1. The summed E-state index contributed by atoms with van der Waals surface area (Å²) in [6, 6.07) is 6.36. The monoisotopic (exact) mass is 280 g/mol. The molecular formula is C14H20N2O4. The maximum atomic E-state index is 11.7. The van der Waals surface area contributed by atoms with Crippen LogP contribution in [0.3, 0.4) is 0 Å². The van der Waals surface area contributed by atoms with E-state index in [4.69, 9.17) is 9.84 Å². The molecule has 0 heterocycles. The molecule has 20 heavy (non-hydrogen) atoms. The fourth-order valence-electron chi connectivity index (χ4n) is 1.76. The molecule has 0 fully saturated rings. The zero-order chi connectivity index (χ0) is 15.0. The lowest BCUT2D eigenvalue weighted by atomic mass is 10.1. The van der Waals surface area contributed by atoms with Gasteiger partial charge in [0.05, 0.1) is 19.3 Å². The highest BCUT2D eigenvalue weighted by atomic mass is 16.5. The number of carbonyl (C=O) groups is 2. The van der Waals surface area contributed by atoms with Crippen LogP contribution in [-0.4, -0.2) is 36.7 Å². The first-order valence-corrected chi connectivity index (χ1v) is 6.47. The number of carboxylic acids is 1. The van der Waals surface area contributed by atoms with E-state index in [1.807, 2.05) is 19.1 Å². The molecule has 0 saturated carbocycles. The summed E-state index contributed by atoms with van der Waals surface area (Å²) in [5.41, 5.74) is 0.688.